The Hall–Kier alpha value is -0.810. The van der Waals surface area contributed by atoms with Gasteiger partial charge in [-0.05, 0) is 0 Å². The number of amides is 1. The van der Waals surface area contributed by atoms with Gasteiger partial charge in [0.1, 0.15) is 18.3 Å². The third-order valence-electron chi connectivity index (χ3n) is 3.09. The van der Waals surface area contributed by atoms with Crippen molar-refractivity contribution in [2.24, 2.45) is 0 Å². The topological polar surface area (TPSA) is 127 Å². The highest BCUT2D eigenvalue weighted by atomic mass is 16.7. The zero-order valence-electron chi connectivity index (χ0n) is 12.1. The lowest BCUT2D eigenvalue weighted by Crippen LogP contribution is -2.62. The lowest BCUT2D eigenvalue weighted by atomic mass is 9.98. The summed E-state index contributed by atoms with van der Waals surface area (Å²) >= 11 is 0. The second-order valence-corrected chi connectivity index (χ2v) is 4.47. The van der Waals surface area contributed by atoms with Crippen molar-refractivity contribution >= 4 is 5.91 Å². The van der Waals surface area contributed by atoms with Gasteiger partial charge in [0.15, 0.2) is 12.4 Å². The average molecular weight is 309 g/mol. The van der Waals surface area contributed by atoms with Crippen LogP contribution in [0.25, 0.3) is 0 Å². The summed E-state index contributed by atoms with van der Waals surface area (Å²) in [5.74, 6) is -0.512. The first kappa shape index (κ1) is 18.2. The summed E-state index contributed by atoms with van der Waals surface area (Å²) < 4.78 is 20.2. The Morgan fingerprint density at radius 1 is 1.19 bits per heavy atom. The van der Waals surface area contributed by atoms with Crippen molar-refractivity contribution in [1.82, 2.24) is 5.32 Å². The largest absolute Gasteiger partial charge is 0.394 e. The molecular formula is C12H23NO8. The zero-order chi connectivity index (χ0) is 15.8. The van der Waals surface area contributed by atoms with Gasteiger partial charge in [-0.2, -0.15) is 0 Å². The van der Waals surface area contributed by atoms with Crippen LogP contribution in [0.5, 0.6) is 0 Å². The van der Waals surface area contributed by atoms with Gasteiger partial charge in [-0.3, -0.25) is 4.79 Å². The van der Waals surface area contributed by atoms with E-state index >= 15 is 0 Å². The van der Waals surface area contributed by atoms with Crippen LogP contribution in [0, 0.1) is 0 Å². The number of ether oxygens (including phenoxy) is 4. The number of carbonyl (C=O) groups is 1. The summed E-state index contributed by atoms with van der Waals surface area (Å²) in [4.78, 5) is 12.0. The molecule has 9 nitrogen and oxygen atoms in total. The van der Waals surface area contributed by atoms with Crippen LogP contribution in [-0.2, 0) is 23.7 Å². The summed E-state index contributed by atoms with van der Waals surface area (Å²) in [6.07, 6.45) is -5.86. The fraction of sp³-hybridized carbons (Fsp3) is 0.917. The molecule has 1 fully saturated rings. The first-order valence-electron chi connectivity index (χ1n) is 6.60. The van der Waals surface area contributed by atoms with E-state index in [0.717, 1.165) is 0 Å². The number of hydrogen-bond acceptors (Lipinski definition) is 8. The highest BCUT2D eigenvalue weighted by Crippen LogP contribution is 2.23. The van der Waals surface area contributed by atoms with Crippen LogP contribution in [0.3, 0.4) is 0 Å². The Morgan fingerprint density at radius 2 is 1.90 bits per heavy atom. The molecule has 5 atom stereocenters. The molecule has 0 bridgehead atoms. The Balaban J connectivity index is 2.54. The molecule has 0 aromatic heterocycles. The van der Waals surface area contributed by atoms with E-state index in [1.54, 1.807) is 0 Å². The maximum Gasteiger partial charge on any atom is 0.252 e. The first-order valence-corrected chi connectivity index (χ1v) is 6.60. The van der Waals surface area contributed by atoms with Crippen molar-refractivity contribution in [1.29, 1.82) is 0 Å². The maximum atomic E-state index is 12.0. The minimum absolute atomic E-state index is 0.0922. The normalized spacial score (nSPS) is 32.9. The van der Waals surface area contributed by atoms with E-state index in [4.69, 9.17) is 24.1 Å². The molecule has 1 heterocycles. The molecule has 1 rings (SSSR count). The lowest BCUT2D eigenvalue weighted by molar-refractivity contribution is -0.287. The minimum atomic E-state index is -1.31. The molecule has 1 saturated heterocycles. The van der Waals surface area contributed by atoms with Crippen LogP contribution in [-0.4, -0.2) is 92.5 Å². The number of aliphatic hydroxyl groups excluding tert-OH is 3. The number of nitrogens with one attached hydrogen (secondary N) is 1. The lowest BCUT2D eigenvalue weighted by Gasteiger charge is -2.40. The standard InChI is InChI=1S/C12H23NO8/c1-18-9-7(15)8(16)12(19-2)21-10(9)11(17)13-3-5-20-6-4-14/h7-10,12,14-16H,3-6H2,1-2H3,(H,13,17)/t7-,8+,9+,10?,12-/m1/s1. The van der Waals surface area contributed by atoms with E-state index < -0.39 is 36.6 Å². The number of methoxy groups -OCH3 is 2. The molecule has 0 aromatic rings. The smallest absolute Gasteiger partial charge is 0.252 e. The third kappa shape index (κ3) is 4.85. The van der Waals surface area contributed by atoms with Gasteiger partial charge in [0.25, 0.3) is 5.91 Å². The van der Waals surface area contributed by atoms with Gasteiger partial charge in [0.2, 0.25) is 0 Å². The molecule has 21 heavy (non-hydrogen) atoms. The average Bonchev–Trinajstić information content (AvgIpc) is 2.49. The van der Waals surface area contributed by atoms with Crippen LogP contribution in [0.2, 0.25) is 0 Å². The molecule has 0 aliphatic carbocycles. The quantitative estimate of drug-likeness (QED) is 0.355. The van der Waals surface area contributed by atoms with Crippen LogP contribution in [0.15, 0.2) is 0 Å². The van der Waals surface area contributed by atoms with Gasteiger partial charge in [0, 0.05) is 20.8 Å². The first-order chi connectivity index (χ1) is 10.1. The van der Waals surface area contributed by atoms with E-state index in [1.807, 2.05) is 0 Å². The number of hydrogen-bond donors (Lipinski definition) is 4. The van der Waals surface area contributed by atoms with E-state index in [-0.39, 0.29) is 26.4 Å². The van der Waals surface area contributed by atoms with Gasteiger partial charge in [0.05, 0.1) is 19.8 Å². The van der Waals surface area contributed by atoms with Crippen molar-refractivity contribution in [2.75, 3.05) is 40.6 Å². The van der Waals surface area contributed by atoms with Gasteiger partial charge in [-0.15, -0.1) is 0 Å². The fourth-order valence-corrected chi connectivity index (χ4v) is 2.02. The van der Waals surface area contributed by atoms with Gasteiger partial charge >= 0.3 is 0 Å². The van der Waals surface area contributed by atoms with Gasteiger partial charge in [-0.1, -0.05) is 0 Å². The molecule has 1 amide bonds. The molecule has 0 aromatic carbocycles. The molecule has 9 heteroatoms. The highest BCUT2D eigenvalue weighted by Gasteiger charge is 2.47. The van der Waals surface area contributed by atoms with Crippen molar-refractivity contribution in [3.8, 4) is 0 Å². The molecule has 1 aliphatic heterocycles. The number of rotatable bonds is 8. The molecule has 0 spiro atoms. The Bertz CT molecular complexity index is 316. The van der Waals surface area contributed by atoms with Crippen molar-refractivity contribution in [2.45, 2.75) is 30.7 Å². The molecule has 0 radical (unpaired) electrons. The Labute approximate surface area is 122 Å². The van der Waals surface area contributed by atoms with E-state index in [1.165, 1.54) is 14.2 Å². The number of carbonyl (C=O) groups excluding carboxylic acids is 1. The predicted molar refractivity (Wildman–Crippen MR) is 69.4 cm³/mol. The predicted octanol–water partition coefficient (Wildman–Crippen LogP) is -2.78. The molecule has 1 aliphatic rings. The van der Waals surface area contributed by atoms with E-state index in [2.05, 4.69) is 5.32 Å². The van der Waals surface area contributed by atoms with Crippen LogP contribution in [0.1, 0.15) is 0 Å². The van der Waals surface area contributed by atoms with Crippen LogP contribution in [0.4, 0.5) is 0 Å². The Kier molecular flexibility index (Phi) is 8.04. The van der Waals surface area contributed by atoms with Crippen LogP contribution >= 0.6 is 0 Å². The molecule has 124 valence electrons. The van der Waals surface area contributed by atoms with Crippen molar-refractivity contribution in [3.63, 3.8) is 0 Å². The van der Waals surface area contributed by atoms with E-state index in [9.17, 15) is 15.0 Å². The minimum Gasteiger partial charge on any atom is -0.394 e. The summed E-state index contributed by atoms with van der Waals surface area (Å²) in [7, 11) is 2.60. The fourth-order valence-electron chi connectivity index (χ4n) is 2.02. The Morgan fingerprint density at radius 3 is 2.48 bits per heavy atom. The van der Waals surface area contributed by atoms with Crippen LogP contribution < -0.4 is 5.32 Å². The zero-order valence-corrected chi connectivity index (χ0v) is 12.1. The second kappa shape index (κ2) is 9.26. The summed E-state index contributed by atoms with van der Waals surface area (Å²) in [6, 6.07) is 0. The SMILES string of the molecule is CO[C@@H]1OC(C(=O)NCCOCCO)[C@@H](OC)[C@H](O)[C@@H]1O. The van der Waals surface area contributed by atoms with Crippen molar-refractivity contribution in [3.05, 3.63) is 0 Å². The summed E-state index contributed by atoms with van der Waals surface area (Å²) in [5, 5.41) is 30.8. The van der Waals surface area contributed by atoms with Gasteiger partial charge in [-0.25, -0.2) is 0 Å². The van der Waals surface area contributed by atoms with Crippen molar-refractivity contribution < 1.29 is 39.1 Å². The summed E-state index contributed by atoms with van der Waals surface area (Å²) in [6.45, 7) is 0.541. The second-order valence-electron chi connectivity index (χ2n) is 4.47. The summed E-state index contributed by atoms with van der Waals surface area (Å²) in [5.41, 5.74) is 0. The highest BCUT2D eigenvalue weighted by molar-refractivity contribution is 5.81. The van der Waals surface area contributed by atoms with Gasteiger partial charge < -0.3 is 39.6 Å². The maximum absolute atomic E-state index is 12.0. The molecule has 4 N–H and O–H groups in total. The molecule has 1 unspecified atom stereocenters. The van der Waals surface area contributed by atoms with E-state index in [0.29, 0.717) is 0 Å². The third-order valence-corrected chi connectivity index (χ3v) is 3.09. The molecule has 0 saturated carbocycles. The monoisotopic (exact) mass is 309 g/mol. The molecular weight excluding hydrogens is 286 g/mol. The number of aliphatic hydroxyl groups is 3.